The summed E-state index contributed by atoms with van der Waals surface area (Å²) in [6.07, 6.45) is 3.48. The van der Waals surface area contributed by atoms with Crippen LogP contribution in [0.25, 0.3) is 0 Å². The van der Waals surface area contributed by atoms with Gasteiger partial charge in [0, 0.05) is 5.92 Å². The Bertz CT molecular complexity index is 109. The molecule has 0 amide bonds. The summed E-state index contributed by atoms with van der Waals surface area (Å²) < 4.78 is 0. The van der Waals surface area contributed by atoms with Gasteiger partial charge in [-0.2, -0.15) is 0 Å². The number of aldehydes is 1. The molecule has 0 N–H and O–H groups in total. The molecule has 0 radical (unpaired) electrons. The molecule has 1 fully saturated rings. The van der Waals surface area contributed by atoms with Gasteiger partial charge in [0.1, 0.15) is 6.29 Å². The number of rotatable bonds is 3. The number of hydrogen-bond acceptors (Lipinski definition) is 1. The van der Waals surface area contributed by atoms with E-state index in [1.807, 2.05) is 0 Å². The molecule has 0 aromatic carbocycles. The molecule has 3 atom stereocenters. The van der Waals surface area contributed by atoms with Crippen molar-refractivity contribution >= 4 is 6.29 Å². The fourth-order valence-corrected chi connectivity index (χ4v) is 1.35. The monoisotopic (exact) mass is 126 g/mol. The molecule has 0 heterocycles. The van der Waals surface area contributed by atoms with E-state index in [1.54, 1.807) is 0 Å². The Labute approximate surface area is 56.4 Å². The minimum Gasteiger partial charge on any atom is -0.303 e. The van der Waals surface area contributed by atoms with Crippen LogP contribution in [0.3, 0.4) is 0 Å². The maximum absolute atomic E-state index is 10.2. The van der Waals surface area contributed by atoms with E-state index in [0.29, 0.717) is 5.92 Å². The van der Waals surface area contributed by atoms with Gasteiger partial charge in [-0.3, -0.25) is 0 Å². The van der Waals surface area contributed by atoms with E-state index in [9.17, 15) is 4.79 Å². The van der Waals surface area contributed by atoms with Gasteiger partial charge in [-0.25, -0.2) is 0 Å². The molecule has 1 rings (SSSR count). The summed E-state index contributed by atoms with van der Waals surface area (Å²) in [7, 11) is 0. The number of carbonyl (C=O) groups excluding carboxylic acids is 1. The average molecular weight is 126 g/mol. The quantitative estimate of drug-likeness (QED) is 0.527. The summed E-state index contributed by atoms with van der Waals surface area (Å²) >= 11 is 0. The van der Waals surface area contributed by atoms with E-state index < -0.39 is 0 Å². The van der Waals surface area contributed by atoms with Gasteiger partial charge in [-0.1, -0.05) is 20.3 Å². The van der Waals surface area contributed by atoms with Crippen LogP contribution in [0.15, 0.2) is 0 Å². The second-order valence-corrected chi connectivity index (χ2v) is 3.09. The largest absolute Gasteiger partial charge is 0.303 e. The first kappa shape index (κ1) is 6.79. The molecule has 0 aromatic heterocycles. The third-order valence-corrected chi connectivity index (χ3v) is 2.44. The minimum atomic E-state index is 0.417. The van der Waals surface area contributed by atoms with Crippen LogP contribution in [0.1, 0.15) is 26.7 Å². The van der Waals surface area contributed by atoms with Crippen molar-refractivity contribution in [2.75, 3.05) is 0 Å². The molecule has 1 aliphatic carbocycles. The lowest BCUT2D eigenvalue weighted by molar-refractivity contribution is -0.109. The Morgan fingerprint density at radius 2 is 2.44 bits per heavy atom. The van der Waals surface area contributed by atoms with Crippen molar-refractivity contribution in [3.05, 3.63) is 0 Å². The molecule has 0 aromatic rings. The van der Waals surface area contributed by atoms with Crippen molar-refractivity contribution in [3.63, 3.8) is 0 Å². The van der Waals surface area contributed by atoms with E-state index in [1.165, 1.54) is 6.42 Å². The highest BCUT2D eigenvalue weighted by atomic mass is 16.1. The lowest BCUT2D eigenvalue weighted by atomic mass is 10.0. The zero-order valence-electron chi connectivity index (χ0n) is 6.13. The van der Waals surface area contributed by atoms with Crippen molar-refractivity contribution in [1.29, 1.82) is 0 Å². The van der Waals surface area contributed by atoms with Gasteiger partial charge in [0.25, 0.3) is 0 Å². The molecule has 1 heteroatoms. The van der Waals surface area contributed by atoms with Crippen LogP contribution in [0.2, 0.25) is 0 Å². The third-order valence-electron chi connectivity index (χ3n) is 2.44. The van der Waals surface area contributed by atoms with E-state index in [2.05, 4.69) is 13.8 Å². The SMILES string of the molecule is CCC(C)C1CC1C=O. The number of carbonyl (C=O) groups is 1. The lowest BCUT2D eigenvalue weighted by Crippen LogP contribution is -1.96. The highest BCUT2D eigenvalue weighted by Crippen LogP contribution is 2.43. The maximum atomic E-state index is 10.2. The predicted octanol–water partition coefficient (Wildman–Crippen LogP) is 1.87. The summed E-state index contributed by atoms with van der Waals surface area (Å²) in [5.74, 6) is 1.91. The zero-order chi connectivity index (χ0) is 6.85. The van der Waals surface area contributed by atoms with Gasteiger partial charge >= 0.3 is 0 Å². The maximum Gasteiger partial charge on any atom is 0.123 e. The number of hydrogen-bond donors (Lipinski definition) is 0. The van der Waals surface area contributed by atoms with Gasteiger partial charge in [0.05, 0.1) is 0 Å². The van der Waals surface area contributed by atoms with E-state index in [0.717, 1.165) is 24.5 Å². The topological polar surface area (TPSA) is 17.1 Å². The van der Waals surface area contributed by atoms with Crippen LogP contribution in [-0.2, 0) is 4.79 Å². The molecule has 1 aliphatic rings. The van der Waals surface area contributed by atoms with Crippen LogP contribution in [0, 0.1) is 17.8 Å². The lowest BCUT2D eigenvalue weighted by Gasteiger charge is -2.03. The molecule has 1 nitrogen and oxygen atoms in total. The molecule has 52 valence electrons. The van der Waals surface area contributed by atoms with E-state index >= 15 is 0 Å². The average Bonchev–Trinajstić information content (AvgIpc) is 2.64. The highest BCUT2D eigenvalue weighted by molar-refractivity contribution is 5.58. The fourth-order valence-electron chi connectivity index (χ4n) is 1.35. The first-order chi connectivity index (χ1) is 4.29. The molecule has 3 unspecified atom stereocenters. The molecule has 0 aliphatic heterocycles. The standard InChI is InChI=1S/C8H14O/c1-3-6(2)8-4-7(8)5-9/h5-8H,3-4H2,1-2H3. The highest BCUT2D eigenvalue weighted by Gasteiger charge is 2.39. The minimum absolute atomic E-state index is 0.417. The Hall–Kier alpha value is -0.330. The molecular weight excluding hydrogens is 112 g/mol. The Kier molecular flexibility index (Phi) is 1.89. The smallest absolute Gasteiger partial charge is 0.123 e. The van der Waals surface area contributed by atoms with Gasteiger partial charge in [0.15, 0.2) is 0 Å². The molecule has 1 saturated carbocycles. The second kappa shape index (κ2) is 2.51. The van der Waals surface area contributed by atoms with E-state index in [4.69, 9.17) is 0 Å². The molecular formula is C8H14O. The molecule has 9 heavy (non-hydrogen) atoms. The summed E-state index contributed by atoms with van der Waals surface area (Å²) in [5.41, 5.74) is 0. The van der Waals surface area contributed by atoms with Crippen LogP contribution in [0.4, 0.5) is 0 Å². The van der Waals surface area contributed by atoms with Crippen LogP contribution in [-0.4, -0.2) is 6.29 Å². The Morgan fingerprint density at radius 1 is 1.78 bits per heavy atom. The summed E-state index contributed by atoms with van der Waals surface area (Å²) in [6, 6.07) is 0. The Balaban J connectivity index is 2.24. The molecule has 0 saturated heterocycles. The van der Waals surface area contributed by atoms with Gasteiger partial charge in [-0.15, -0.1) is 0 Å². The predicted molar refractivity (Wildman–Crippen MR) is 37.1 cm³/mol. The zero-order valence-corrected chi connectivity index (χ0v) is 6.13. The van der Waals surface area contributed by atoms with Crippen LogP contribution in [0.5, 0.6) is 0 Å². The van der Waals surface area contributed by atoms with Gasteiger partial charge in [0.2, 0.25) is 0 Å². The third kappa shape index (κ3) is 1.32. The van der Waals surface area contributed by atoms with E-state index in [-0.39, 0.29) is 0 Å². The van der Waals surface area contributed by atoms with Crippen molar-refractivity contribution in [2.24, 2.45) is 17.8 Å². The van der Waals surface area contributed by atoms with Crippen molar-refractivity contribution in [1.82, 2.24) is 0 Å². The molecule has 0 bridgehead atoms. The summed E-state index contributed by atoms with van der Waals surface area (Å²) in [4.78, 5) is 10.2. The second-order valence-electron chi connectivity index (χ2n) is 3.09. The van der Waals surface area contributed by atoms with Crippen molar-refractivity contribution in [3.8, 4) is 0 Å². The Morgan fingerprint density at radius 3 is 2.78 bits per heavy atom. The normalized spacial score (nSPS) is 35.8. The van der Waals surface area contributed by atoms with Gasteiger partial charge in [-0.05, 0) is 18.3 Å². The first-order valence-corrected chi connectivity index (χ1v) is 3.74. The van der Waals surface area contributed by atoms with Gasteiger partial charge < -0.3 is 4.79 Å². The van der Waals surface area contributed by atoms with Crippen molar-refractivity contribution in [2.45, 2.75) is 26.7 Å². The summed E-state index contributed by atoms with van der Waals surface area (Å²) in [6.45, 7) is 4.42. The molecule has 0 spiro atoms. The first-order valence-electron chi connectivity index (χ1n) is 3.74. The fraction of sp³-hybridized carbons (Fsp3) is 0.875. The van der Waals surface area contributed by atoms with Crippen molar-refractivity contribution < 1.29 is 4.79 Å². The summed E-state index contributed by atoms with van der Waals surface area (Å²) in [5, 5.41) is 0. The van der Waals surface area contributed by atoms with Crippen LogP contribution < -0.4 is 0 Å². The van der Waals surface area contributed by atoms with Crippen LogP contribution >= 0.6 is 0 Å².